The van der Waals surface area contributed by atoms with Crippen LogP contribution in [0.15, 0.2) is 84.9 Å². The molecule has 0 bridgehead atoms. The summed E-state index contributed by atoms with van der Waals surface area (Å²) in [5, 5.41) is 15.4. The van der Waals surface area contributed by atoms with Gasteiger partial charge in [-0.25, -0.2) is 0 Å². The molecule has 2 N–H and O–H groups in total. The first-order chi connectivity index (χ1) is 13.2. The number of nitrogens with one attached hydrogen (secondary N) is 1. The number of aliphatic hydroxyl groups is 1. The van der Waals surface area contributed by atoms with Crippen LogP contribution in [0, 0.1) is 0 Å². The number of ether oxygens (including phenoxy) is 1. The van der Waals surface area contributed by atoms with Gasteiger partial charge >= 0.3 is 0 Å². The fourth-order valence-corrected chi connectivity index (χ4v) is 3.52. The highest BCUT2D eigenvalue weighted by molar-refractivity contribution is 5.85. The predicted octanol–water partition coefficient (Wildman–Crippen LogP) is 5.09. The van der Waals surface area contributed by atoms with Gasteiger partial charge in [0.15, 0.2) is 0 Å². The second-order valence-corrected chi connectivity index (χ2v) is 6.68. The van der Waals surface area contributed by atoms with E-state index in [1.807, 2.05) is 72.8 Å². The molecule has 148 valence electrons. The van der Waals surface area contributed by atoms with Crippen molar-refractivity contribution in [3.8, 4) is 5.75 Å². The molecule has 28 heavy (non-hydrogen) atoms. The third-order valence-corrected chi connectivity index (χ3v) is 4.97. The van der Waals surface area contributed by atoms with E-state index in [-0.39, 0.29) is 18.4 Å². The maximum Gasteiger partial charge on any atom is 0.118 e. The average Bonchev–Trinajstić information content (AvgIpc) is 2.74. The zero-order valence-corrected chi connectivity index (χ0v) is 17.2. The molecule has 0 fully saturated rings. The van der Waals surface area contributed by atoms with Crippen molar-refractivity contribution in [3.05, 3.63) is 102 Å². The SMILES string of the molecule is CCNC(CC(O)(c1ccccc1)c1ccccc1)c1ccc(OC)cc1.Cl. The van der Waals surface area contributed by atoms with Gasteiger partial charge in [-0.05, 0) is 35.4 Å². The minimum atomic E-state index is -1.09. The summed E-state index contributed by atoms with van der Waals surface area (Å²) in [4.78, 5) is 0. The van der Waals surface area contributed by atoms with Crippen LogP contribution in [0.4, 0.5) is 0 Å². The number of halogens is 1. The van der Waals surface area contributed by atoms with Crippen molar-refractivity contribution in [3.63, 3.8) is 0 Å². The lowest BCUT2D eigenvalue weighted by Crippen LogP contribution is -2.34. The summed E-state index contributed by atoms with van der Waals surface area (Å²) >= 11 is 0. The van der Waals surface area contributed by atoms with Crippen molar-refractivity contribution in [1.82, 2.24) is 5.32 Å². The standard InChI is InChI=1S/C24H27NO2.ClH/c1-3-25-23(19-14-16-22(27-2)17-15-19)18-24(26,20-10-6-4-7-11-20)21-12-8-5-9-13-21;/h4-17,23,25-26H,3,18H2,1-2H3;1H. The van der Waals surface area contributed by atoms with Crippen molar-refractivity contribution < 1.29 is 9.84 Å². The van der Waals surface area contributed by atoms with E-state index in [4.69, 9.17) is 4.74 Å². The van der Waals surface area contributed by atoms with Gasteiger partial charge in [-0.3, -0.25) is 0 Å². The van der Waals surface area contributed by atoms with Gasteiger partial charge in [0.2, 0.25) is 0 Å². The highest BCUT2D eigenvalue weighted by Crippen LogP contribution is 2.38. The molecule has 0 aliphatic rings. The van der Waals surface area contributed by atoms with Gasteiger partial charge in [0.05, 0.1) is 7.11 Å². The summed E-state index contributed by atoms with van der Waals surface area (Å²) in [7, 11) is 1.67. The molecule has 3 aromatic rings. The van der Waals surface area contributed by atoms with E-state index in [0.717, 1.165) is 29.0 Å². The fraction of sp³-hybridized carbons (Fsp3) is 0.250. The van der Waals surface area contributed by atoms with Crippen molar-refractivity contribution >= 4 is 12.4 Å². The Bertz CT molecular complexity index is 783. The number of hydrogen-bond donors (Lipinski definition) is 2. The molecule has 0 saturated heterocycles. The molecule has 4 heteroatoms. The van der Waals surface area contributed by atoms with Crippen LogP contribution in [0.5, 0.6) is 5.75 Å². The largest absolute Gasteiger partial charge is 0.497 e. The third kappa shape index (κ3) is 4.93. The van der Waals surface area contributed by atoms with Crippen LogP contribution >= 0.6 is 12.4 Å². The molecule has 1 unspecified atom stereocenters. The van der Waals surface area contributed by atoms with E-state index in [1.54, 1.807) is 7.11 Å². The smallest absolute Gasteiger partial charge is 0.118 e. The second kappa shape index (κ2) is 10.3. The molecule has 0 radical (unpaired) electrons. The molecule has 0 aliphatic carbocycles. The average molecular weight is 398 g/mol. The summed E-state index contributed by atoms with van der Waals surface area (Å²) in [6, 6.07) is 27.8. The Morgan fingerprint density at radius 2 is 1.36 bits per heavy atom. The molecule has 3 aromatic carbocycles. The molecule has 0 amide bonds. The van der Waals surface area contributed by atoms with Gasteiger partial charge < -0.3 is 15.2 Å². The Hall–Kier alpha value is -2.33. The Balaban J connectivity index is 0.00000280. The minimum absolute atomic E-state index is 0. The van der Waals surface area contributed by atoms with Crippen LogP contribution in [-0.2, 0) is 5.60 Å². The van der Waals surface area contributed by atoms with Crippen molar-refractivity contribution in [2.45, 2.75) is 25.0 Å². The Morgan fingerprint density at radius 1 is 0.857 bits per heavy atom. The quantitative estimate of drug-likeness (QED) is 0.556. The maximum absolute atomic E-state index is 11.8. The summed E-state index contributed by atoms with van der Waals surface area (Å²) < 4.78 is 5.28. The molecule has 0 saturated carbocycles. The monoisotopic (exact) mass is 397 g/mol. The van der Waals surface area contributed by atoms with E-state index in [9.17, 15) is 5.11 Å². The molecule has 3 rings (SSSR count). The summed E-state index contributed by atoms with van der Waals surface area (Å²) in [5.74, 6) is 0.829. The van der Waals surface area contributed by atoms with Crippen molar-refractivity contribution in [2.75, 3.05) is 13.7 Å². The van der Waals surface area contributed by atoms with Crippen LogP contribution in [0.3, 0.4) is 0 Å². The Morgan fingerprint density at radius 3 is 1.79 bits per heavy atom. The number of methoxy groups -OCH3 is 1. The number of benzene rings is 3. The summed E-state index contributed by atoms with van der Waals surface area (Å²) in [5.41, 5.74) is 1.83. The fourth-order valence-electron chi connectivity index (χ4n) is 3.52. The van der Waals surface area contributed by atoms with Crippen LogP contribution < -0.4 is 10.1 Å². The normalized spacial score (nSPS) is 12.1. The topological polar surface area (TPSA) is 41.5 Å². The maximum atomic E-state index is 11.8. The lowest BCUT2D eigenvalue weighted by Gasteiger charge is -2.34. The summed E-state index contributed by atoms with van der Waals surface area (Å²) in [6.45, 7) is 2.90. The molecule has 3 nitrogen and oxygen atoms in total. The van der Waals surface area contributed by atoms with Gasteiger partial charge in [0.25, 0.3) is 0 Å². The first-order valence-corrected chi connectivity index (χ1v) is 9.38. The molecule has 0 aliphatic heterocycles. The van der Waals surface area contributed by atoms with Crippen LogP contribution in [0.2, 0.25) is 0 Å². The van der Waals surface area contributed by atoms with Crippen LogP contribution in [0.25, 0.3) is 0 Å². The lowest BCUT2D eigenvalue weighted by atomic mass is 9.80. The van der Waals surface area contributed by atoms with E-state index in [0.29, 0.717) is 6.42 Å². The van der Waals surface area contributed by atoms with E-state index in [1.165, 1.54) is 0 Å². The van der Waals surface area contributed by atoms with Gasteiger partial charge in [0.1, 0.15) is 11.4 Å². The summed E-state index contributed by atoms with van der Waals surface area (Å²) in [6.07, 6.45) is 0.529. The van der Waals surface area contributed by atoms with E-state index in [2.05, 4.69) is 24.4 Å². The van der Waals surface area contributed by atoms with Gasteiger partial charge in [-0.2, -0.15) is 0 Å². The van der Waals surface area contributed by atoms with E-state index < -0.39 is 5.60 Å². The second-order valence-electron chi connectivity index (χ2n) is 6.68. The zero-order valence-electron chi connectivity index (χ0n) is 16.3. The van der Waals surface area contributed by atoms with E-state index >= 15 is 0 Å². The van der Waals surface area contributed by atoms with Crippen molar-refractivity contribution in [1.29, 1.82) is 0 Å². The predicted molar refractivity (Wildman–Crippen MR) is 117 cm³/mol. The molecule has 0 aromatic heterocycles. The number of rotatable bonds is 8. The van der Waals surface area contributed by atoms with Gasteiger partial charge in [-0.1, -0.05) is 79.7 Å². The molecule has 1 atom stereocenters. The minimum Gasteiger partial charge on any atom is -0.497 e. The zero-order chi connectivity index (χ0) is 19.1. The Kier molecular flexibility index (Phi) is 8.06. The van der Waals surface area contributed by atoms with Crippen LogP contribution in [-0.4, -0.2) is 18.8 Å². The number of hydrogen-bond acceptors (Lipinski definition) is 3. The molecular weight excluding hydrogens is 370 g/mol. The molecule has 0 spiro atoms. The molecule has 0 heterocycles. The molecular formula is C24H28ClNO2. The van der Waals surface area contributed by atoms with Gasteiger partial charge in [-0.15, -0.1) is 12.4 Å². The highest BCUT2D eigenvalue weighted by Gasteiger charge is 2.34. The van der Waals surface area contributed by atoms with Gasteiger partial charge in [0, 0.05) is 12.5 Å². The Labute approximate surface area is 173 Å². The first-order valence-electron chi connectivity index (χ1n) is 9.38. The lowest BCUT2D eigenvalue weighted by molar-refractivity contribution is 0.0588. The van der Waals surface area contributed by atoms with Crippen LogP contribution in [0.1, 0.15) is 36.1 Å². The highest BCUT2D eigenvalue weighted by atomic mass is 35.5. The third-order valence-electron chi connectivity index (χ3n) is 4.97. The first kappa shape index (κ1) is 22.0. The van der Waals surface area contributed by atoms with Crippen molar-refractivity contribution in [2.24, 2.45) is 0 Å².